The minimum absolute atomic E-state index is 0.730. The second-order valence-corrected chi connectivity index (χ2v) is 16.8. The molecule has 0 unspecified atom stereocenters. The maximum Gasteiger partial charge on any atom is 0.218 e. The Bertz CT molecular complexity index is 563. The highest BCUT2D eigenvalue weighted by atomic mass is 79.9. The van der Waals surface area contributed by atoms with E-state index in [-0.39, 0.29) is 0 Å². The standard InChI is InChI=1S/C9H10BrClN4S2Si/c1-18(2,11)17-9-14-12-6-15(9)13-5-7-3-4-8(10)16-7/h3-6H,1-2H3/b13-5+. The molecule has 18 heavy (non-hydrogen) atoms. The quantitative estimate of drug-likeness (QED) is 0.456. The number of hydrogen-bond donors (Lipinski definition) is 0. The molecule has 0 aliphatic rings. The molecule has 9 heteroatoms. The van der Waals surface area contributed by atoms with Gasteiger partial charge in [0.1, 0.15) is 6.33 Å². The first-order chi connectivity index (χ1) is 8.44. The van der Waals surface area contributed by atoms with Crippen LogP contribution in [0.2, 0.25) is 13.1 Å². The van der Waals surface area contributed by atoms with Crippen LogP contribution in [-0.2, 0) is 0 Å². The lowest BCUT2D eigenvalue weighted by Crippen LogP contribution is -2.11. The maximum atomic E-state index is 6.28. The van der Waals surface area contributed by atoms with Gasteiger partial charge in [-0.3, -0.25) is 0 Å². The van der Waals surface area contributed by atoms with Crippen molar-refractivity contribution < 1.29 is 0 Å². The van der Waals surface area contributed by atoms with Crippen molar-refractivity contribution in [3.8, 4) is 0 Å². The molecule has 2 heterocycles. The van der Waals surface area contributed by atoms with E-state index in [4.69, 9.17) is 11.1 Å². The normalized spacial score (nSPS) is 12.4. The molecule has 2 rings (SSSR count). The molecule has 2 aromatic rings. The summed E-state index contributed by atoms with van der Waals surface area (Å²) in [6, 6.07) is 3.98. The molecular weight excluding hydrogens is 372 g/mol. The fraction of sp³-hybridized carbons (Fsp3) is 0.222. The largest absolute Gasteiger partial charge is 0.218 e. The van der Waals surface area contributed by atoms with Crippen molar-refractivity contribution in [1.82, 2.24) is 14.9 Å². The topological polar surface area (TPSA) is 43.1 Å². The van der Waals surface area contributed by atoms with Crippen molar-refractivity contribution >= 4 is 62.3 Å². The zero-order chi connectivity index (χ0) is 13.2. The average molecular weight is 382 g/mol. The van der Waals surface area contributed by atoms with E-state index in [0.29, 0.717) is 0 Å². The van der Waals surface area contributed by atoms with Crippen molar-refractivity contribution in [2.45, 2.75) is 18.3 Å². The van der Waals surface area contributed by atoms with Crippen molar-refractivity contribution in [1.29, 1.82) is 0 Å². The van der Waals surface area contributed by atoms with Gasteiger partial charge in [0, 0.05) is 4.88 Å². The second-order valence-electron chi connectivity index (χ2n) is 3.81. The van der Waals surface area contributed by atoms with E-state index in [2.05, 4.69) is 31.2 Å². The Labute approximate surface area is 127 Å². The molecule has 0 saturated heterocycles. The lowest BCUT2D eigenvalue weighted by molar-refractivity contribution is 0.770. The molecule has 0 aliphatic carbocycles. The summed E-state index contributed by atoms with van der Waals surface area (Å²) in [6.45, 7) is 2.27. The first-order valence-corrected chi connectivity index (χ1v) is 12.2. The Morgan fingerprint density at radius 1 is 1.56 bits per heavy atom. The molecule has 0 amide bonds. The molecule has 0 N–H and O–H groups in total. The lowest BCUT2D eigenvalue weighted by Gasteiger charge is -2.09. The van der Waals surface area contributed by atoms with Gasteiger partial charge in [-0.05, 0) is 41.2 Å². The van der Waals surface area contributed by atoms with Gasteiger partial charge in [-0.25, -0.2) is 0 Å². The predicted molar refractivity (Wildman–Crippen MR) is 84.2 cm³/mol. The summed E-state index contributed by atoms with van der Waals surface area (Å²) in [5, 5.41) is 12.9. The Balaban J connectivity index is 2.15. The van der Waals surface area contributed by atoms with Gasteiger partial charge in [-0.15, -0.1) is 21.5 Å². The zero-order valence-electron chi connectivity index (χ0n) is 9.67. The van der Waals surface area contributed by atoms with Crippen molar-refractivity contribution in [2.75, 3.05) is 0 Å². The van der Waals surface area contributed by atoms with Gasteiger partial charge in [-0.2, -0.15) is 20.9 Å². The summed E-state index contributed by atoms with van der Waals surface area (Å²) in [4.78, 5) is 1.06. The van der Waals surface area contributed by atoms with Crippen LogP contribution < -0.4 is 0 Å². The van der Waals surface area contributed by atoms with E-state index in [1.807, 2.05) is 25.2 Å². The smallest absolute Gasteiger partial charge is 0.195 e. The van der Waals surface area contributed by atoms with E-state index in [1.54, 1.807) is 39.8 Å². The Kier molecular flexibility index (Phi) is 4.65. The molecule has 0 bridgehead atoms. The lowest BCUT2D eigenvalue weighted by atomic mass is 10.5. The van der Waals surface area contributed by atoms with E-state index >= 15 is 0 Å². The fourth-order valence-electron chi connectivity index (χ4n) is 1.10. The molecule has 0 atom stereocenters. The van der Waals surface area contributed by atoms with E-state index < -0.39 is 6.53 Å². The zero-order valence-corrected chi connectivity index (χ0v) is 14.6. The van der Waals surface area contributed by atoms with Gasteiger partial charge in [0.2, 0.25) is 11.7 Å². The second kappa shape index (κ2) is 5.87. The van der Waals surface area contributed by atoms with Gasteiger partial charge < -0.3 is 0 Å². The van der Waals surface area contributed by atoms with Crippen LogP contribution in [0.3, 0.4) is 0 Å². The fourth-order valence-corrected chi connectivity index (χ4v) is 5.43. The molecule has 2 aromatic heterocycles. The SMILES string of the molecule is C[Si](C)(Cl)Sc1nncn1/N=C/c1ccc(Br)s1. The molecule has 0 aromatic carbocycles. The van der Waals surface area contributed by atoms with Gasteiger partial charge in [0.15, 0.2) is 0 Å². The summed E-state index contributed by atoms with van der Waals surface area (Å²) in [6.07, 6.45) is 3.37. The Morgan fingerprint density at radius 3 is 2.94 bits per heavy atom. The van der Waals surface area contributed by atoms with Gasteiger partial charge in [0.25, 0.3) is 0 Å². The first-order valence-electron chi connectivity index (χ1n) is 5.02. The molecule has 96 valence electrons. The molecule has 0 radical (unpaired) electrons. The molecule has 0 saturated carbocycles. The number of nitrogens with zero attached hydrogens (tertiary/aromatic N) is 4. The minimum Gasteiger partial charge on any atom is -0.195 e. The van der Waals surface area contributed by atoms with Gasteiger partial charge >= 0.3 is 0 Å². The van der Waals surface area contributed by atoms with Crippen LogP contribution in [0.25, 0.3) is 0 Å². The highest BCUT2D eigenvalue weighted by molar-refractivity contribution is 9.11. The molecule has 0 spiro atoms. The van der Waals surface area contributed by atoms with Crippen LogP contribution in [0, 0.1) is 0 Å². The molecular formula is C9H10BrClN4S2Si. The average Bonchev–Trinajstić information content (AvgIpc) is 2.82. The molecule has 0 fully saturated rings. The number of halogens is 2. The van der Waals surface area contributed by atoms with Crippen LogP contribution >= 0.6 is 49.6 Å². The van der Waals surface area contributed by atoms with E-state index in [0.717, 1.165) is 13.8 Å². The molecule has 4 nitrogen and oxygen atoms in total. The third kappa shape index (κ3) is 4.20. The minimum atomic E-state index is -1.81. The Hall–Kier alpha value is -0.153. The summed E-state index contributed by atoms with van der Waals surface area (Å²) in [7, 11) is 0. The van der Waals surface area contributed by atoms with Crippen molar-refractivity contribution in [3.63, 3.8) is 0 Å². The van der Waals surface area contributed by atoms with E-state index in [9.17, 15) is 0 Å². The predicted octanol–water partition coefficient (Wildman–Crippen LogP) is 4.02. The van der Waals surface area contributed by atoms with Crippen molar-refractivity contribution in [3.05, 3.63) is 27.1 Å². The van der Waals surface area contributed by atoms with Crippen molar-refractivity contribution in [2.24, 2.45) is 5.10 Å². The summed E-state index contributed by atoms with van der Waals surface area (Å²) < 4.78 is 2.73. The monoisotopic (exact) mass is 380 g/mol. The number of rotatable bonds is 4. The van der Waals surface area contributed by atoms with Crippen LogP contribution in [0.4, 0.5) is 0 Å². The maximum absolute atomic E-state index is 6.28. The highest BCUT2D eigenvalue weighted by Crippen LogP contribution is 2.30. The number of thiophene rings is 1. The van der Waals surface area contributed by atoms with Crippen LogP contribution in [0.1, 0.15) is 4.88 Å². The molecule has 0 aliphatic heterocycles. The third-order valence-corrected chi connectivity index (χ3v) is 6.93. The Morgan fingerprint density at radius 2 is 2.33 bits per heavy atom. The van der Waals surface area contributed by atoms with Gasteiger partial charge in [0.05, 0.1) is 10.0 Å². The number of hydrogen-bond acceptors (Lipinski definition) is 5. The van der Waals surface area contributed by atoms with Crippen LogP contribution in [0.15, 0.2) is 32.5 Å². The third-order valence-electron chi connectivity index (χ3n) is 1.74. The van der Waals surface area contributed by atoms with Crippen LogP contribution in [0.5, 0.6) is 0 Å². The first kappa shape index (κ1) is 14.3. The van der Waals surface area contributed by atoms with Gasteiger partial charge in [-0.1, -0.05) is 11.2 Å². The van der Waals surface area contributed by atoms with E-state index in [1.165, 1.54) is 0 Å². The van der Waals surface area contributed by atoms with Crippen LogP contribution in [-0.4, -0.2) is 27.6 Å². The summed E-state index contributed by atoms with van der Waals surface area (Å²) in [5.41, 5.74) is 0. The summed E-state index contributed by atoms with van der Waals surface area (Å²) in [5.74, 6) is 0. The summed E-state index contributed by atoms with van der Waals surface area (Å²) >= 11 is 12.9. The highest BCUT2D eigenvalue weighted by Gasteiger charge is 2.22. The number of aromatic nitrogens is 3.